The molecule has 1 aromatic carbocycles. The summed E-state index contributed by atoms with van der Waals surface area (Å²) in [4.78, 5) is 0. The molecule has 0 N–H and O–H groups in total. The Morgan fingerprint density at radius 3 is 2.91 bits per heavy atom. The molecule has 1 atom stereocenters. The van der Waals surface area contributed by atoms with Crippen molar-refractivity contribution in [3.63, 3.8) is 0 Å². The SMILES string of the molecule is COC1[CH]c2ccccc2C1. The second-order valence-corrected chi connectivity index (χ2v) is 2.84. The van der Waals surface area contributed by atoms with E-state index >= 15 is 0 Å². The van der Waals surface area contributed by atoms with E-state index in [0.717, 1.165) is 6.42 Å². The second-order valence-electron chi connectivity index (χ2n) is 2.84. The zero-order valence-corrected chi connectivity index (χ0v) is 6.58. The molecule has 0 spiro atoms. The molecule has 1 aliphatic rings. The Morgan fingerprint density at radius 2 is 2.18 bits per heavy atom. The molecule has 1 heteroatoms. The number of hydrogen-bond acceptors (Lipinski definition) is 1. The Balaban J connectivity index is 2.27. The summed E-state index contributed by atoms with van der Waals surface area (Å²) in [7, 11) is 1.76. The first-order valence-electron chi connectivity index (χ1n) is 3.86. The van der Waals surface area contributed by atoms with Crippen molar-refractivity contribution < 1.29 is 4.74 Å². The van der Waals surface area contributed by atoms with Crippen molar-refractivity contribution >= 4 is 0 Å². The highest BCUT2D eigenvalue weighted by molar-refractivity contribution is 5.39. The number of methoxy groups -OCH3 is 1. The third kappa shape index (κ3) is 1.16. The molecule has 11 heavy (non-hydrogen) atoms. The van der Waals surface area contributed by atoms with Crippen molar-refractivity contribution in [2.75, 3.05) is 7.11 Å². The van der Waals surface area contributed by atoms with Gasteiger partial charge in [-0.05, 0) is 17.5 Å². The van der Waals surface area contributed by atoms with Gasteiger partial charge in [-0.3, -0.25) is 0 Å². The van der Waals surface area contributed by atoms with Gasteiger partial charge in [-0.1, -0.05) is 24.3 Å². The molecule has 0 aromatic heterocycles. The predicted molar refractivity (Wildman–Crippen MR) is 44.3 cm³/mol. The third-order valence-electron chi connectivity index (χ3n) is 2.14. The molecule has 0 aliphatic heterocycles. The van der Waals surface area contributed by atoms with Gasteiger partial charge < -0.3 is 4.74 Å². The lowest BCUT2D eigenvalue weighted by atomic mass is 10.1. The smallest absolute Gasteiger partial charge is 0.0687 e. The molecule has 1 aliphatic carbocycles. The van der Waals surface area contributed by atoms with Crippen LogP contribution in [0.25, 0.3) is 0 Å². The summed E-state index contributed by atoms with van der Waals surface area (Å²) in [5, 5.41) is 0. The van der Waals surface area contributed by atoms with E-state index in [2.05, 4.69) is 30.7 Å². The van der Waals surface area contributed by atoms with Crippen LogP contribution in [0, 0.1) is 6.42 Å². The monoisotopic (exact) mass is 147 g/mol. The van der Waals surface area contributed by atoms with Crippen molar-refractivity contribution in [1.82, 2.24) is 0 Å². The van der Waals surface area contributed by atoms with Crippen LogP contribution in [0.2, 0.25) is 0 Å². The van der Waals surface area contributed by atoms with Gasteiger partial charge in [0.25, 0.3) is 0 Å². The molecule has 1 nitrogen and oxygen atoms in total. The Hall–Kier alpha value is -0.820. The van der Waals surface area contributed by atoms with Gasteiger partial charge in [0.2, 0.25) is 0 Å². The molecule has 0 heterocycles. The van der Waals surface area contributed by atoms with Gasteiger partial charge in [0, 0.05) is 13.5 Å². The zero-order valence-electron chi connectivity index (χ0n) is 6.58. The fraction of sp³-hybridized carbons (Fsp3) is 0.300. The van der Waals surface area contributed by atoms with E-state index in [1.807, 2.05) is 0 Å². The van der Waals surface area contributed by atoms with Gasteiger partial charge in [0.15, 0.2) is 0 Å². The van der Waals surface area contributed by atoms with E-state index in [-0.39, 0.29) is 0 Å². The molecule has 0 saturated heterocycles. The van der Waals surface area contributed by atoms with Crippen molar-refractivity contribution in [3.05, 3.63) is 41.8 Å². The number of rotatable bonds is 1. The lowest BCUT2D eigenvalue weighted by Crippen LogP contribution is -2.06. The number of benzene rings is 1. The summed E-state index contributed by atoms with van der Waals surface area (Å²) < 4.78 is 5.24. The summed E-state index contributed by atoms with van der Waals surface area (Å²) in [5.41, 5.74) is 2.73. The molecule has 2 rings (SSSR count). The molecule has 0 bridgehead atoms. The quantitative estimate of drug-likeness (QED) is 0.588. The summed E-state index contributed by atoms with van der Waals surface area (Å²) >= 11 is 0. The van der Waals surface area contributed by atoms with Crippen LogP contribution >= 0.6 is 0 Å². The second kappa shape index (κ2) is 2.67. The molecule has 1 radical (unpaired) electrons. The van der Waals surface area contributed by atoms with Gasteiger partial charge in [-0.15, -0.1) is 0 Å². The number of ether oxygens (including phenoxy) is 1. The molecule has 0 amide bonds. The van der Waals surface area contributed by atoms with Crippen molar-refractivity contribution in [3.8, 4) is 0 Å². The topological polar surface area (TPSA) is 9.23 Å². The summed E-state index contributed by atoms with van der Waals surface area (Å²) in [6.45, 7) is 0. The zero-order chi connectivity index (χ0) is 7.68. The first-order valence-corrected chi connectivity index (χ1v) is 3.86. The van der Waals surface area contributed by atoms with Crippen LogP contribution in [0.5, 0.6) is 0 Å². The van der Waals surface area contributed by atoms with Crippen LogP contribution in [-0.4, -0.2) is 13.2 Å². The molecular formula is C10H11O. The van der Waals surface area contributed by atoms with Gasteiger partial charge in [-0.2, -0.15) is 0 Å². The summed E-state index contributed by atoms with van der Waals surface area (Å²) in [6.07, 6.45) is 3.51. The maximum absolute atomic E-state index is 5.24. The standard InChI is InChI=1S/C10H11O/c1-11-10-6-8-4-2-3-5-9(8)7-10/h2-6,10H,7H2,1H3. The van der Waals surface area contributed by atoms with Gasteiger partial charge in [0.05, 0.1) is 6.10 Å². The minimum Gasteiger partial charge on any atom is -0.380 e. The van der Waals surface area contributed by atoms with Crippen LogP contribution in [-0.2, 0) is 11.2 Å². The number of hydrogen-bond donors (Lipinski definition) is 0. The van der Waals surface area contributed by atoms with Crippen molar-refractivity contribution in [2.24, 2.45) is 0 Å². The lowest BCUT2D eigenvalue weighted by Gasteiger charge is -2.03. The van der Waals surface area contributed by atoms with E-state index in [0.29, 0.717) is 6.10 Å². The normalized spacial score (nSPS) is 16.8. The maximum atomic E-state index is 5.24. The first kappa shape index (κ1) is 6.86. The highest BCUT2D eigenvalue weighted by atomic mass is 16.5. The van der Waals surface area contributed by atoms with Gasteiger partial charge >= 0.3 is 0 Å². The van der Waals surface area contributed by atoms with Crippen LogP contribution in [0.3, 0.4) is 0 Å². The van der Waals surface area contributed by atoms with Gasteiger partial charge in [-0.25, -0.2) is 0 Å². The Kier molecular flexibility index (Phi) is 1.66. The predicted octanol–water partition coefficient (Wildman–Crippen LogP) is 1.81. The molecule has 57 valence electrons. The van der Waals surface area contributed by atoms with E-state index in [1.54, 1.807) is 7.11 Å². The van der Waals surface area contributed by atoms with Crippen LogP contribution in [0.1, 0.15) is 11.1 Å². The van der Waals surface area contributed by atoms with Crippen molar-refractivity contribution in [1.29, 1.82) is 0 Å². The molecular weight excluding hydrogens is 136 g/mol. The molecule has 0 fully saturated rings. The highest BCUT2D eigenvalue weighted by Crippen LogP contribution is 2.24. The van der Waals surface area contributed by atoms with Crippen LogP contribution in [0.4, 0.5) is 0 Å². The fourth-order valence-electron chi connectivity index (χ4n) is 1.51. The fourth-order valence-corrected chi connectivity index (χ4v) is 1.51. The maximum Gasteiger partial charge on any atom is 0.0687 e. The summed E-state index contributed by atoms with van der Waals surface area (Å²) in [6, 6.07) is 8.43. The Labute approximate surface area is 67.0 Å². The Morgan fingerprint density at radius 1 is 1.36 bits per heavy atom. The average Bonchev–Trinajstić information content (AvgIpc) is 2.46. The van der Waals surface area contributed by atoms with E-state index in [9.17, 15) is 0 Å². The van der Waals surface area contributed by atoms with Crippen LogP contribution in [0.15, 0.2) is 24.3 Å². The third-order valence-corrected chi connectivity index (χ3v) is 2.14. The molecule has 0 saturated carbocycles. The largest absolute Gasteiger partial charge is 0.380 e. The van der Waals surface area contributed by atoms with Crippen LogP contribution < -0.4 is 0 Å². The number of fused-ring (bicyclic) bond motifs is 1. The first-order chi connectivity index (χ1) is 5.40. The minimum absolute atomic E-state index is 0.299. The lowest BCUT2D eigenvalue weighted by molar-refractivity contribution is 0.137. The molecule has 1 unspecified atom stereocenters. The Bertz CT molecular complexity index is 230. The highest BCUT2D eigenvalue weighted by Gasteiger charge is 2.19. The minimum atomic E-state index is 0.299. The average molecular weight is 147 g/mol. The van der Waals surface area contributed by atoms with E-state index in [1.165, 1.54) is 11.1 Å². The molecule has 1 aromatic rings. The summed E-state index contributed by atoms with van der Waals surface area (Å²) in [5.74, 6) is 0. The van der Waals surface area contributed by atoms with E-state index < -0.39 is 0 Å². The van der Waals surface area contributed by atoms with E-state index in [4.69, 9.17) is 4.74 Å². The van der Waals surface area contributed by atoms with Crippen molar-refractivity contribution in [2.45, 2.75) is 12.5 Å². The van der Waals surface area contributed by atoms with Gasteiger partial charge in [0.1, 0.15) is 0 Å².